The van der Waals surface area contributed by atoms with Crippen molar-refractivity contribution in [3.8, 4) is 0 Å². The van der Waals surface area contributed by atoms with Crippen LogP contribution in [0.2, 0.25) is 0 Å². The summed E-state index contributed by atoms with van der Waals surface area (Å²) >= 11 is 2.20. The number of amides is 8. The molecule has 4 unspecified atom stereocenters. The number of nitrogens with one attached hydrogen (secondary N) is 4. The predicted molar refractivity (Wildman–Crippen MR) is 228 cm³/mol. The lowest BCUT2D eigenvalue weighted by Crippen LogP contribution is -2.36. The zero-order chi connectivity index (χ0) is 44.5. The van der Waals surface area contributed by atoms with E-state index in [1.54, 1.807) is 0 Å². The monoisotopic (exact) mass is 826 g/mol. The molecule has 4 rings (SSSR count). The van der Waals surface area contributed by atoms with Gasteiger partial charge in [0, 0.05) is 18.8 Å². The van der Waals surface area contributed by atoms with Crippen LogP contribution in [0, 0.1) is 38.4 Å². The molecule has 0 radical (unpaired) electrons. The minimum Gasteiger partial charge on any atom is -0.296 e. The van der Waals surface area contributed by atoms with Crippen molar-refractivity contribution in [3.05, 3.63) is 0 Å². The zero-order valence-corrected chi connectivity index (χ0v) is 39.3. The third kappa shape index (κ3) is 22.3. The molecule has 4 aliphatic rings. The average Bonchev–Trinajstić information content (AvgIpc) is 3.57. The fourth-order valence-electron chi connectivity index (χ4n) is 6.29. The number of hydrogen-bond donors (Lipinski definition) is 4. The lowest BCUT2D eigenvalue weighted by molar-refractivity contribution is -0.129. The molecule has 8 amide bonds. The maximum absolute atomic E-state index is 11.5. The zero-order valence-electron chi connectivity index (χ0n) is 37.7. The second kappa shape index (κ2) is 20.3. The van der Waals surface area contributed by atoms with E-state index in [9.17, 15) is 38.4 Å². The molecule has 4 N–H and O–H groups in total. The van der Waals surface area contributed by atoms with Gasteiger partial charge in [0.2, 0.25) is 35.4 Å². The first-order valence-corrected chi connectivity index (χ1v) is 21.2. The topological polar surface area (TPSA) is 185 Å². The van der Waals surface area contributed by atoms with Gasteiger partial charge in [-0.25, -0.2) is 0 Å². The number of thioether (sulfide) groups is 2. The van der Waals surface area contributed by atoms with Gasteiger partial charge in [-0.2, -0.15) is 0 Å². The molecule has 0 aromatic heterocycles. The highest BCUT2D eigenvalue weighted by molar-refractivity contribution is 8.16. The van der Waals surface area contributed by atoms with E-state index in [2.05, 4.69) is 132 Å². The molecule has 12 nitrogen and oxygen atoms in total. The molecule has 0 aromatic rings. The van der Waals surface area contributed by atoms with Gasteiger partial charge in [0.25, 0.3) is 10.5 Å². The summed E-state index contributed by atoms with van der Waals surface area (Å²) in [6, 6.07) is 0. The second-order valence-electron chi connectivity index (χ2n) is 21.8. The van der Waals surface area contributed by atoms with Crippen LogP contribution < -0.4 is 21.3 Å². The first-order valence-electron chi connectivity index (χ1n) is 19.5. The summed E-state index contributed by atoms with van der Waals surface area (Å²) < 4.78 is -0.574. The third-order valence-electron chi connectivity index (χ3n) is 8.70. The number of carbonyl (C=O) groups excluding carboxylic acids is 8. The molecule has 4 fully saturated rings. The highest BCUT2D eigenvalue weighted by atomic mass is 32.2. The Kier molecular flexibility index (Phi) is 19.3. The molecule has 14 heteroatoms. The van der Waals surface area contributed by atoms with Crippen LogP contribution >= 0.6 is 23.5 Å². The Hall–Kier alpha value is -2.74. The van der Waals surface area contributed by atoms with Crippen LogP contribution in [0.25, 0.3) is 0 Å². The van der Waals surface area contributed by atoms with Crippen LogP contribution in [-0.4, -0.2) is 55.9 Å². The van der Waals surface area contributed by atoms with Crippen LogP contribution in [0.4, 0.5) is 9.59 Å². The van der Waals surface area contributed by atoms with Crippen molar-refractivity contribution in [2.75, 3.05) is 0 Å². The second-order valence-corrected chi connectivity index (χ2v) is 24.5. The standard InChI is InChI=1S/C10H17NO2.C9H15NO2S.C9H15NO2.C8H13NO2S.C6H14/c1-9(2,3)6-10(4)5-7(12)11-8(10)13;1-8(2,3)5-9(4)6(11)10-7(12)13-9;1-9(2,3)5-6-4-7(11)10-8(6)12;1-8(2,3)4-5-6(10)9-7(11)12-5;1-5-6(2,3)4/h5-6H2,1-4H3,(H,11,12,13);5H2,1-4H3,(H,10,11,12);6H,4-5H2,1-3H3,(H,10,11,12);5H,4H2,1-3H3,(H,9,10,11);5H2,1-4H3. The lowest BCUT2D eigenvalue weighted by atomic mass is 9.74. The maximum Gasteiger partial charge on any atom is 0.286 e. The van der Waals surface area contributed by atoms with E-state index >= 15 is 0 Å². The molecule has 0 aliphatic carbocycles. The highest BCUT2D eigenvalue weighted by Crippen LogP contribution is 2.41. The summed E-state index contributed by atoms with van der Waals surface area (Å²) in [4.78, 5) is 88.7. The molecule has 322 valence electrons. The molecule has 0 aromatic carbocycles. The van der Waals surface area contributed by atoms with Gasteiger partial charge in [-0.15, -0.1) is 0 Å². The van der Waals surface area contributed by atoms with Gasteiger partial charge in [-0.1, -0.05) is 136 Å². The molecule has 56 heavy (non-hydrogen) atoms. The molecule has 0 bridgehead atoms. The van der Waals surface area contributed by atoms with Crippen LogP contribution in [-0.2, 0) is 28.8 Å². The van der Waals surface area contributed by atoms with Crippen molar-refractivity contribution in [2.45, 2.75) is 180 Å². The average molecular weight is 827 g/mol. The molecule has 4 atom stereocenters. The van der Waals surface area contributed by atoms with E-state index in [0.717, 1.165) is 42.8 Å². The van der Waals surface area contributed by atoms with Crippen LogP contribution in [0.1, 0.15) is 170 Å². The molecule has 0 saturated carbocycles. The van der Waals surface area contributed by atoms with E-state index in [1.165, 1.54) is 6.42 Å². The van der Waals surface area contributed by atoms with Crippen molar-refractivity contribution in [1.29, 1.82) is 0 Å². The van der Waals surface area contributed by atoms with Crippen LogP contribution in [0.15, 0.2) is 0 Å². The SMILES string of the molecule is CC(C)(C)CC1(C)CC(=O)NC1=O.CC(C)(C)CC1(C)SC(=O)NC1=O.CC(C)(C)CC1CC(=O)NC1=O.CC(C)(C)CC1SC(=O)NC1=O.CCC(C)(C)C. The molecule has 4 aliphatic heterocycles. The fourth-order valence-corrected chi connectivity index (χ4v) is 8.66. The molecule has 4 heterocycles. The molecular weight excluding hydrogens is 753 g/mol. The van der Waals surface area contributed by atoms with E-state index in [-0.39, 0.29) is 78.7 Å². The van der Waals surface area contributed by atoms with Gasteiger partial charge >= 0.3 is 0 Å². The molecule has 4 saturated heterocycles. The Bertz CT molecular complexity index is 1360. The van der Waals surface area contributed by atoms with Crippen LogP contribution in [0.3, 0.4) is 0 Å². The lowest BCUT2D eigenvalue weighted by Gasteiger charge is -2.28. The number of rotatable bonds is 4. The Morgan fingerprint density at radius 2 is 1.04 bits per heavy atom. The summed E-state index contributed by atoms with van der Waals surface area (Å²) in [6.07, 6.45) is 4.96. The van der Waals surface area contributed by atoms with Gasteiger partial charge in [0.1, 0.15) is 4.75 Å². The minimum atomic E-state index is -0.574. The first kappa shape index (κ1) is 53.3. The Morgan fingerprint density at radius 1 is 0.554 bits per heavy atom. The van der Waals surface area contributed by atoms with Gasteiger partial charge in [-0.3, -0.25) is 59.6 Å². The fraction of sp³-hybridized carbons (Fsp3) is 0.810. The van der Waals surface area contributed by atoms with E-state index in [4.69, 9.17) is 0 Å². The van der Waals surface area contributed by atoms with Gasteiger partial charge in [-0.05, 0) is 71.4 Å². The first-order chi connectivity index (χ1) is 24.8. The summed E-state index contributed by atoms with van der Waals surface area (Å²) in [5.74, 6) is -0.886. The predicted octanol–water partition coefficient (Wildman–Crippen LogP) is 8.94. The summed E-state index contributed by atoms with van der Waals surface area (Å²) in [7, 11) is 0. The van der Waals surface area contributed by atoms with Crippen molar-refractivity contribution in [2.24, 2.45) is 38.4 Å². The van der Waals surface area contributed by atoms with Crippen molar-refractivity contribution in [1.82, 2.24) is 21.3 Å². The Morgan fingerprint density at radius 3 is 1.32 bits per heavy atom. The number of imide groups is 4. The normalized spacial score (nSPS) is 25.3. The van der Waals surface area contributed by atoms with Crippen molar-refractivity contribution in [3.63, 3.8) is 0 Å². The van der Waals surface area contributed by atoms with Gasteiger partial charge in [0.05, 0.1) is 10.7 Å². The summed E-state index contributed by atoms with van der Waals surface area (Å²) in [5, 5.41) is 8.63. The Labute approximate surface area is 345 Å². The highest BCUT2D eigenvalue weighted by Gasteiger charge is 2.46. The largest absolute Gasteiger partial charge is 0.296 e. The van der Waals surface area contributed by atoms with Gasteiger partial charge in [0.15, 0.2) is 0 Å². The summed E-state index contributed by atoms with van der Waals surface area (Å²) in [6.45, 7) is 37.4. The van der Waals surface area contributed by atoms with E-state index in [1.807, 2.05) is 13.8 Å². The quantitative estimate of drug-likeness (QED) is 0.200. The van der Waals surface area contributed by atoms with E-state index < -0.39 is 10.2 Å². The van der Waals surface area contributed by atoms with E-state index in [0.29, 0.717) is 24.7 Å². The summed E-state index contributed by atoms with van der Waals surface area (Å²) in [5.41, 5.74) is 0.405. The van der Waals surface area contributed by atoms with Crippen molar-refractivity contribution >= 4 is 69.4 Å². The number of carbonyl (C=O) groups is 8. The van der Waals surface area contributed by atoms with Gasteiger partial charge < -0.3 is 0 Å². The minimum absolute atomic E-state index is 0.0592. The van der Waals surface area contributed by atoms with Crippen LogP contribution in [0.5, 0.6) is 0 Å². The smallest absolute Gasteiger partial charge is 0.286 e. The Balaban J connectivity index is 0.000000688. The number of hydrogen-bond acceptors (Lipinski definition) is 10. The third-order valence-corrected chi connectivity index (χ3v) is 10.8. The molecular formula is C42H74N4O8S2. The van der Waals surface area contributed by atoms with Crippen molar-refractivity contribution < 1.29 is 38.4 Å². The maximum atomic E-state index is 11.5. The molecule has 0 spiro atoms.